The predicted octanol–water partition coefficient (Wildman–Crippen LogP) is 2.90. The highest BCUT2D eigenvalue weighted by molar-refractivity contribution is 5.59. The molecular formula is C15H25NO4. The van der Waals surface area contributed by atoms with E-state index in [1.165, 1.54) is 0 Å². The third-order valence-electron chi connectivity index (χ3n) is 2.81. The minimum Gasteiger partial charge on any atom is -0.497 e. The van der Waals surface area contributed by atoms with Crippen LogP contribution in [0.1, 0.15) is 20.3 Å². The van der Waals surface area contributed by atoms with E-state index in [0.29, 0.717) is 13.2 Å². The average molecular weight is 283 g/mol. The summed E-state index contributed by atoms with van der Waals surface area (Å²) in [6.45, 7) is 5.95. The first-order valence-corrected chi connectivity index (χ1v) is 6.94. The van der Waals surface area contributed by atoms with Crippen LogP contribution in [0.2, 0.25) is 0 Å². The second-order valence-corrected chi connectivity index (χ2v) is 4.12. The van der Waals surface area contributed by atoms with Crippen LogP contribution in [0.4, 0.5) is 5.69 Å². The Kier molecular flexibility index (Phi) is 7.84. The number of nitrogens with one attached hydrogen (secondary N) is 1. The fourth-order valence-corrected chi connectivity index (χ4v) is 1.86. The molecule has 0 saturated carbocycles. The van der Waals surface area contributed by atoms with E-state index in [-0.39, 0.29) is 6.29 Å². The number of hydrogen-bond acceptors (Lipinski definition) is 5. The van der Waals surface area contributed by atoms with Crippen LogP contribution in [0.5, 0.6) is 11.5 Å². The van der Waals surface area contributed by atoms with E-state index in [1.807, 2.05) is 32.0 Å². The summed E-state index contributed by atoms with van der Waals surface area (Å²) in [7, 11) is 3.29. The largest absolute Gasteiger partial charge is 0.497 e. The van der Waals surface area contributed by atoms with Crippen molar-refractivity contribution in [2.75, 3.05) is 39.3 Å². The lowest BCUT2D eigenvalue weighted by molar-refractivity contribution is -0.137. The maximum absolute atomic E-state index is 5.50. The Labute approximate surface area is 121 Å². The molecule has 0 fully saturated rings. The van der Waals surface area contributed by atoms with Crippen LogP contribution in [0, 0.1) is 0 Å². The van der Waals surface area contributed by atoms with Crippen LogP contribution in [0.3, 0.4) is 0 Å². The molecule has 0 amide bonds. The topological polar surface area (TPSA) is 49.0 Å². The van der Waals surface area contributed by atoms with Gasteiger partial charge in [-0.25, -0.2) is 0 Å². The first-order chi connectivity index (χ1) is 9.74. The van der Waals surface area contributed by atoms with Gasteiger partial charge in [-0.3, -0.25) is 0 Å². The summed E-state index contributed by atoms with van der Waals surface area (Å²) in [6.07, 6.45) is 0.594. The third-order valence-corrected chi connectivity index (χ3v) is 2.81. The summed E-state index contributed by atoms with van der Waals surface area (Å²) >= 11 is 0. The molecule has 5 heteroatoms. The molecule has 0 atom stereocenters. The maximum atomic E-state index is 5.50. The van der Waals surface area contributed by atoms with Crippen LogP contribution >= 0.6 is 0 Å². The molecule has 1 N–H and O–H groups in total. The number of benzene rings is 1. The van der Waals surface area contributed by atoms with E-state index >= 15 is 0 Å². The third kappa shape index (κ3) is 5.27. The Morgan fingerprint density at radius 1 is 1.05 bits per heavy atom. The van der Waals surface area contributed by atoms with Gasteiger partial charge in [-0.1, -0.05) is 0 Å². The summed E-state index contributed by atoms with van der Waals surface area (Å²) < 4.78 is 21.5. The molecular weight excluding hydrogens is 258 g/mol. The molecule has 1 aromatic carbocycles. The van der Waals surface area contributed by atoms with Crippen molar-refractivity contribution in [1.29, 1.82) is 0 Å². The molecule has 0 bridgehead atoms. The molecule has 1 rings (SSSR count). The van der Waals surface area contributed by atoms with Crippen LogP contribution in [0.25, 0.3) is 0 Å². The van der Waals surface area contributed by atoms with Crippen LogP contribution < -0.4 is 14.8 Å². The van der Waals surface area contributed by atoms with Gasteiger partial charge in [0, 0.05) is 32.2 Å². The van der Waals surface area contributed by atoms with Crippen molar-refractivity contribution in [2.45, 2.75) is 26.6 Å². The first-order valence-electron chi connectivity index (χ1n) is 6.94. The highest BCUT2D eigenvalue weighted by Crippen LogP contribution is 2.28. The number of anilines is 1. The average Bonchev–Trinajstić information content (AvgIpc) is 2.47. The smallest absolute Gasteiger partial charge is 0.159 e. The second kappa shape index (κ2) is 9.44. The van der Waals surface area contributed by atoms with Crippen molar-refractivity contribution >= 4 is 5.69 Å². The summed E-state index contributed by atoms with van der Waals surface area (Å²) in [4.78, 5) is 0. The molecule has 5 nitrogen and oxygen atoms in total. The van der Waals surface area contributed by atoms with Gasteiger partial charge in [-0.05, 0) is 26.0 Å². The van der Waals surface area contributed by atoms with Gasteiger partial charge < -0.3 is 24.3 Å². The molecule has 0 aliphatic rings. The van der Waals surface area contributed by atoms with Crippen molar-refractivity contribution in [2.24, 2.45) is 0 Å². The van der Waals surface area contributed by atoms with Gasteiger partial charge in [0.2, 0.25) is 0 Å². The van der Waals surface area contributed by atoms with Gasteiger partial charge in [0.25, 0.3) is 0 Å². The minimum absolute atomic E-state index is 0.172. The van der Waals surface area contributed by atoms with Crippen LogP contribution in [-0.4, -0.2) is 40.3 Å². The highest BCUT2D eigenvalue weighted by Gasteiger charge is 2.09. The Balaban J connectivity index is 2.55. The Hall–Kier alpha value is -1.46. The molecule has 0 heterocycles. The van der Waals surface area contributed by atoms with E-state index < -0.39 is 0 Å². The van der Waals surface area contributed by atoms with Crippen molar-refractivity contribution in [3.05, 3.63) is 18.2 Å². The van der Waals surface area contributed by atoms with Gasteiger partial charge >= 0.3 is 0 Å². The zero-order valence-electron chi connectivity index (χ0n) is 12.8. The lowest BCUT2D eigenvalue weighted by atomic mass is 10.2. The predicted molar refractivity (Wildman–Crippen MR) is 79.7 cm³/mol. The molecule has 0 aliphatic carbocycles. The number of methoxy groups -OCH3 is 2. The fourth-order valence-electron chi connectivity index (χ4n) is 1.86. The summed E-state index contributed by atoms with van der Waals surface area (Å²) in [5.41, 5.74) is 0.901. The lowest BCUT2D eigenvalue weighted by Crippen LogP contribution is -2.21. The molecule has 0 spiro atoms. The summed E-state index contributed by atoms with van der Waals surface area (Å²) in [5, 5.41) is 3.32. The molecule has 0 aliphatic heterocycles. The number of hydrogen-bond donors (Lipinski definition) is 1. The van der Waals surface area contributed by atoms with Gasteiger partial charge in [0.05, 0.1) is 19.9 Å². The molecule has 0 radical (unpaired) electrons. The molecule has 114 valence electrons. The monoisotopic (exact) mass is 283 g/mol. The minimum atomic E-state index is -0.172. The normalized spacial score (nSPS) is 10.7. The quantitative estimate of drug-likeness (QED) is 0.669. The van der Waals surface area contributed by atoms with E-state index in [4.69, 9.17) is 18.9 Å². The van der Waals surface area contributed by atoms with Gasteiger partial charge in [-0.2, -0.15) is 0 Å². The summed E-state index contributed by atoms with van der Waals surface area (Å²) in [5.74, 6) is 1.58. The standard InChI is InChI=1S/C15H25NO4/c1-5-19-15(20-6-2)9-10-16-13-11-12(17-3)7-8-14(13)18-4/h7-8,11,15-16H,5-6,9-10H2,1-4H3. The fraction of sp³-hybridized carbons (Fsp3) is 0.600. The summed E-state index contributed by atoms with van der Waals surface area (Å²) in [6, 6.07) is 5.66. The van der Waals surface area contributed by atoms with E-state index in [1.54, 1.807) is 14.2 Å². The molecule has 0 aromatic heterocycles. The maximum Gasteiger partial charge on any atom is 0.159 e. The highest BCUT2D eigenvalue weighted by atomic mass is 16.7. The Bertz CT molecular complexity index is 378. The van der Waals surface area contributed by atoms with Crippen molar-refractivity contribution < 1.29 is 18.9 Å². The van der Waals surface area contributed by atoms with E-state index in [2.05, 4.69) is 5.32 Å². The molecule has 0 unspecified atom stereocenters. The number of ether oxygens (including phenoxy) is 4. The molecule has 20 heavy (non-hydrogen) atoms. The Morgan fingerprint density at radius 2 is 1.75 bits per heavy atom. The zero-order valence-corrected chi connectivity index (χ0v) is 12.8. The Morgan fingerprint density at radius 3 is 2.30 bits per heavy atom. The van der Waals surface area contributed by atoms with Crippen molar-refractivity contribution in [3.63, 3.8) is 0 Å². The SMILES string of the molecule is CCOC(CCNc1cc(OC)ccc1OC)OCC. The van der Waals surface area contributed by atoms with Gasteiger partial charge in [0.1, 0.15) is 11.5 Å². The van der Waals surface area contributed by atoms with E-state index in [9.17, 15) is 0 Å². The first kappa shape index (κ1) is 16.6. The van der Waals surface area contributed by atoms with Crippen LogP contribution in [0.15, 0.2) is 18.2 Å². The van der Waals surface area contributed by atoms with Crippen LogP contribution in [-0.2, 0) is 9.47 Å². The molecule has 1 aromatic rings. The number of rotatable bonds is 10. The van der Waals surface area contributed by atoms with Crippen molar-refractivity contribution in [1.82, 2.24) is 0 Å². The lowest BCUT2D eigenvalue weighted by Gasteiger charge is -2.18. The molecule has 0 saturated heterocycles. The van der Waals surface area contributed by atoms with Gasteiger partial charge in [-0.15, -0.1) is 0 Å². The zero-order chi connectivity index (χ0) is 14.8. The van der Waals surface area contributed by atoms with Crippen molar-refractivity contribution in [3.8, 4) is 11.5 Å². The van der Waals surface area contributed by atoms with Gasteiger partial charge in [0.15, 0.2) is 6.29 Å². The van der Waals surface area contributed by atoms with E-state index in [0.717, 1.165) is 30.2 Å². The second-order valence-electron chi connectivity index (χ2n) is 4.12.